The van der Waals surface area contributed by atoms with Crippen molar-refractivity contribution in [2.75, 3.05) is 19.8 Å². The quantitative estimate of drug-likeness (QED) is 0.333. The zero-order chi connectivity index (χ0) is 6.69. The Bertz CT molecular complexity index is 81.9. The lowest BCUT2D eigenvalue weighted by Crippen LogP contribution is -2.52. The van der Waals surface area contributed by atoms with Crippen LogP contribution in [0.5, 0.6) is 0 Å². The SMILES string of the molecule is NN(N)C1COCCO1. The molecular weight excluding hydrogens is 122 g/mol. The van der Waals surface area contributed by atoms with Crippen LogP contribution in [0.1, 0.15) is 0 Å². The second kappa shape index (κ2) is 3.09. The highest BCUT2D eigenvalue weighted by atomic mass is 16.6. The Morgan fingerprint density at radius 2 is 2.11 bits per heavy atom. The number of nitrogens with zero attached hydrogens (tertiary/aromatic N) is 1. The molecule has 1 heterocycles. The van der Waals surface area contributed by atoms with Crippen molar-refractivity contribution in [2.24, 2.45) is 11.7 Å². The maximum absolute atomic E-state index is 5.17. The van der Waals surface area contributed by atoms with Crippen molar-refractivity contribution < 1.29 is 9.47 Å². The van der Waals surface area contributed by atoms with Gasteiger partial charge in [-0.15, -0.1) is 0 Å². The Labute approximate surface area is 53.4 Å². The van der Waals surface area contributed by atoms with Gasteiger partial charge in [-0.3, -0.25) is 11.7 Å². The fourth-order valence-corrected chi connectivity index (χ4v) is 0.647. The lowest BCUT2D eigenvalue weighted by molar-refractivity contribution is -0.156. The van der Waals surface area contributed by atoms with E-state index in [-0.39, 0.29) is 6.23 Å². The molecule has 1 rings (SSSR count). The van der Waals surface area contributed by atoms with E-state index in [9.17, 15) is 0 Å². The third-order valence-electron chi connectivity index (χ3n) is 1.13. The largest absolute Gasteiger partial charge is 0.375 e. The molecule has 1 unspecified atom stereocenters. The summed E-state index contributed by atoms with van der Waals surface area (Å²) in [6.45, 7) is 1.65. The lowest BCUT2D eigenvalue weighted by Gasteiger charge is -2.26. The molecule has 0 radical (unpaired) electrons. The molecule has 9 heavy (non-hydrogen) atoms. The van der Waals surface area contributed by atoms with E-state index < -0.39 is 0 Å². The summed E-state index contributed by atoms with van der Waals surface area (Å²) in [6.07, 6.45) is -0.279. The van der Waals surface area contributed by atoms with E-state index in [2.05, 4.69) is 0 Å². The van der Waals surface area contributed by atoms with E-state index in [1.165, 1.54) is 0 Å². The van der Waals surface area contributed by atoms with Crippen LogP contribution in [0.4, 0.5) is 0 Å². The van der Waals surface area contributed by atoms with E-state index in [4.69, 9.17) is 21.2 Å². The van der Waals surface area contributed by atoms with Gasteiger partial charge in [-0.1, -0.05) is 0 Å². The maximum atomic E-state index is 5.17. The summed E-state index contributed by atoms with van der Waals surface area (Å²) in [7, 11) is 0. The summed E-state index contributed by atoms with van der Waals surface area (Å²) >= 11 is 0. The van der Waals surface area contributed by atoms with Gasteiger partial charge in [-0.2, -0.15) is 5.12 Å². The summed E-state index contributed by atoms with van der Waals surface area (Å²) in [5, 5.41) is 1.01. The average Bonchev–Trinajstić information content (AvgIpc) is 1.90. The Balaban J connectivity index is 2.23. The molecule has 0 spiro atoms. The molecule has 1 saturated heterocycles. The smallest absolute Gasteiger partial charge is 0.160 e. The van der Waals surface area contributed by atoms with Crippen LogP contribution in [-0.4, -0.2) is 31.2 Å². The first-order chi connectivity index (χ1) is 4.30. The van der Waals surface area contributed by atoms with Crippen molar-refractivity contribution in [3.8, 4) is 0 Å². The zero-order valence-electron chi connectivity index (χ0n) is 5.12. The number of hydrogen-bond donors (Lipinski definition) is 2. The Hall–Kier alpha value is -0.200. The third kappa shape index (κ3) is 1.88. The lowest BCUT2D eigenvalue weighted by atomic mass is 10.5. The van der Waals surface area contributed by atoms with Gasteiger partial charge in [0.15, 0.2) is 6.23 Å². The highest BCUT2D eigenvalue weighted by Gasteiger charge is 2.16. The summed E-state index contributed by atoms with van der Waals surface area (Å²) in [6, 6.07) is 0. The van der Waals surface area contributed by atoms with Crippen LogP contribution in [0.25, 0.3) is 0 Å². The molecule has 4 N–H and O–H groups in total. The van der Waals surface area contributed by atoms with Crippen LogP contribution < -0.4 is 11.7 Å². The highest BCUT2D eigenvalue weighted by Crippen LogP contribution is 1.98. The number of ether oxygens (including phenoxy) is 2. The molecule has 0 aromatic carbocycles. The molecule has 0 aliphatic carbocycles. The van der Waals surface area contributed by atoms with Gasteiger partial charge in [0.2, 0.25) is 0 Å². The van der Waals surface area contributed by atoms with Gasteiger partial charge in [-0.05, 0) is 0 Å². The van der Waals surface area contributed by atoms with Crippen LogP contribution in [0.2, 0.25) is 0 Å². The van der Waals surface area contributed by atoms with Gasteiger partial charge >= 0.3 is 0 Å². The summed E-state index contributed by atoms with van der Waals surface area (Å²) in [5.74, 6) is 10.3. The molecule has 1 fully saturated rings. The van der Waals surface area contributed by atoms with Crippen LogP contribution in [-0.2, 0) is 9.47 Å². The van der Waals surface area contributed by atoms with E-state index in [1.807, 2.05) is 0 Å². The van der Waals surface area contributed by atoms with Gasteiger partial charge in [-0.25, -0.2) is 0 Å². The van der Waals surface area contributed by atoms with Gasteiger partial charge < -0.3 is 9.47 Å². The molecule has 1 aliphatic rings. The van der Waals surface area contributed by atoms with Crippen LogP contribution in [0, 0.1) is 0 Å². The molecule has 0 bridgehead atoms. The van der Waals surface area contributed by atoms with Gasteiger partial charge in [0, 0.05) is 0 Å². The standard InChI is InChI=1S/C4H11N3O2/c5-7(6)4-3-8-1-2-9-4/h4H,1-3,5-6H2. The van der Waals surface area contributed by atoms with Crippen molar-refractivity contribution in [2.45, 2.75) is 6.23 Å². The number of hydrazine groups is 2. The van der Waals surface area contributed by atoms with Gasteiger partial charge in [0.1, 0.15) is 0 Å². The van der Waals surface area contributed by atoms with E-state index >= 15 is 0 Å². The first-order valence-electron chi connectivity index (χ1n) is 2.78. The second-order valence-electron chi connectivity index (χ2n) is 1.85. The Morgan fingerprint density at radius 3 is 2.44 bits per heavy atom. The molecule has 0 saturated carbocycles. The predicted molar refractivity (Wildman–Crippen MR) is 30.8 cm³/mol. The topological polar surface area (TPSA) is 73.7 Å². The highest BCUT2D eigenvalue weighted by molar-refractivity contribution is 4.53. The Kier molecular flexibility index (Phi) is 2.38. The average molecular weight is 133 g/mol. The molecule has 0 amide bonds. The predicted octanol–water partition coefficient (Wildman–Crippen LogP) is -1.59. The van der Waals surface area contributed by atoms with Crippen LogP contribution in [0.15, 0.2) is 0 Å². The fraction of sp³-hybridized carbons (Fsp3) is 1.00. The van der Waals surface area contributed by atoms with Crippen molar-refractivity contribution in [1.82, 2.24) is 5.12 Å². The zero-order valence-corrected chi connectivity index (χ0v) is 5.12. The Morgan fingerprint density at radius 1 is 1.33 bits per heavy atom. The molecule has 5 nitrogen and oxygen atoms in total. The molecule has 1 aliphatic heterocycles. The molecular formula is C4H11N3O2. The number of nitrogens with two attached hydrogens (primary N) is 2. The van der Waals surface area contributed by atoms with E-state index in [0.717, 1.165) is 5.12 Å². The number of hydrogen-bond acceptors (Lipinski definition) is 5. The molecule has 54 valence electrons. The normalized spacial score (nSPS) is 29.0. The monoisotopic (exact) mass is 133 g/mol. The minimum atomic E-state index is -0.279. The first kappa shape index (κ1) is 6.91. The van der Waals surface area contributed by atoms with Crippen molar-refractivity contribution in [3.05, 3.63) is 0 Å². The second-order valence-corrected chi connectivity index (χ2v) is 1.85. The molecule has 0 aromatic heterocycles. The van der Waals surface area contributed by atoms with Crippen molar-refractivity contribution in [3.63, 3.8) is 0 Å². The van der Waals surface area contributed by atoms with Gasteiger partial charge in [0.05, 0.1) is 19.8 Å². The molecule has 1 atom stereocenters. The van der Waals surface area contributed by atoms with Crippen LogP contribution >= 0.6 is 0 Å². The first-order valence-corrected chi connectivity index (χ1v) is 2.78. The third-order valence-corrected chi connectivity index (χ3v) is 1.13. The summed E-state index contributed by atoms with van der Waals surface area (Å²) < 4.78 is 10.1. The molecule has 0 aromatic rings. The minimum Gasteiger partial charge on any atom is -0.375 e. The van der Waals surface area contributed by atoms with Crippen LogP contribution in [0.3, 0.4) is 0 Å². The van der Waals surface area contributed by atoms with E-state index in [1.54, 1.807) is 0 Å². The number of rotatable bonds is 1. The fourth-order valence-electron chi connectivity index (χ4n) is 0.647. The maximum Gasteiger partial charge on any atom is 0.160 e. The summed E-state index contributed by atoms with van der Waals surface area (Å²) in [5.41, 5.74) is 0. The molecule has 5 heteroatoms. The van der Waals surface area contributed by atoms with Crippen molar-refractivity contribution >= 4 is 0 Å². The van der Waals surface area contributed by atoms with E-state index in [0.29, 0.717) is 19.8 Å². The van der Waals surface area contributed by atoms with Crippen molar-refractivity contribution in [1.29, 1.82) is 0 Å². The van der Waals surface area contributed by atoms with Gasteiger partial charge in [0.25, 0.3) is 0 Å². The summed E-state index contributed by atoms with van der Waals surface area (Å²) in [4.78, 5) is 0. The minimum absolute atomic E-state index is 0.279.